The Morgan fingerprint density at radius 2 is 1.51 bits per heavy atom. The number of hydrogen-bond donors (Lipinski definition) is 1. The number of carbonyl (C=O) groups is 3. The number of rotatable bonds is 13. The number of carbonyl (C=O) groups excluding carboxylic acids is 3. The van der Waals surface area contributed by atoms with Crippen molar-refractivity contribution in [1.82, 2.24) is 14.7 Å². The fourth-order valence-corrected chi connectivity index (χ4v) is 7.63. The topological polar surface area (TPSA) is 90.4 Å². The first-order valence-corrected chi connectivity index (χ1v) is 15.3. The zero-order valence-corrected chi connectivity index (χ0v) is 25.2. The number of aliphatic hydroxyl groups is 1. The molecule has 3 amide bonds. The van der Waals surface area contributed by atoms with E-state index in [1.165, 1.54) is 4.90 Å². The van der Waals surface area contributed by atoms with Gasteiger partial charge in [-0.15, -0.1) is 13.2 Å². The minimum Gasteiger partial charge on any atom is -0.394 e. The Bertz CT molecular complexity index is 1350. The summed E-state index contributed by atoms with van der Waals surface area (Å²) >= 11 is 0. The number of aliphatic hydroxyl groups excluding tert-OH is 1. The Morgan fingerprint density at radius 3 is 2.00 bits per heavy atom. The van der Waals surface area contributed by atoms with Gasteiger partial charge in [-0.05, 0) is 37.3 Å². The van der Waals surface area contributed by atoms with Gasteiger partial charge >= 0.3 is 0 Å². The number of fused-ring (bicyclic) bond motifs is 1. The predicted molar refractivity (Wildman–Crippen MR) is 164 cm³/mol. The standard InChI is InChI=1S/C35H43N3O5/c1-5-20-36(22-26-14-10-8-11-15-26)31(40)28-29-32(41)38(25(4)24-39)30(35(29)19-18-34(28,7-3)43-35)33(42)37(21-6-2)23-27-16-12-9-13-17-27/h5-6,8-17,25,28-30,39H,1-2,7,18-24H2,3-4H3/t25-,28+,29+,30?,34-,35?/m1/s1. The lowest BCUT2D eigenvalue weighted by atomic mass is 9.64. The molecule has 5 rings (SSSR count). The van der Waals surface area contributed by atoms with E-state index >= 15 is 0 Å². The van der Waals surface area contributed by atoms with Crippen molar-refractivity contribution in [3.05, 3.63) is 97.1 Å². The Balaban J connectivity index is 1.56. The van der Waals surface area contributed by atoms with Crippen LogP contribution >= 0.6 is 0 Å². The van der Waals surface area contributed by atoms with Crippen molar-refractivity contribution >= 4 is 17.7 Å². The molecule has 43 heavy (non-hydrogen) atoms. The number of ether oxygens (including phenoxy) is 1. The van der Waals surface area contributed by atoms with Crippen molar-refractivity contribution < 1.29 is 24.2 Å². The number of amides is 3. The van der Waals surface area contributed by atoms with E-state index in [2.05, 4.69) is 13.2 Å². The molecule has 2 aromatic rings. The van der Waals surface area contributed by atoms with Crippen LogP contribution in [0.25, 0.3) is 0 Å². The summed E-state index contributed by atoms with van der Waals surface area (Å²) in [4.78, 5) is 48.6. The summed E-state index contributed by atoms with van der Waals surface area (Å²) in [6, 6.07) is 17.8. The molecule has 3 aliphatic rings. The summed E-state index contributed by atoms with van der Waals surface area (Å²) in [5.41, 5.74) is -0.0993. The van der Waals surface area contributed by atoms with E-state index in [1.54, 1.807) is 28.9 Å². The van der Waals surface area contributed by atoms with Gasteiger partial charge in [0.05, 0.1) is 30.1 Å². The van der Waals surface area contributed by atoms with Crippen LogP contribution in [0.5, 0.6) is 0 Å². The van der Waals surface area contributed by atoms with Crippen LogP contribution < -0.4 is 0 Å². The van der Waals surface area contributed by atoms with Crippen LogP contribution in [-0.2, 0) is 32.2 Å². The van der Waals surface area contributed by atoms with E-state index in [1.807, 2.05) is 67.6 Å². The van der Waals surface area contributed by atoms with Gasteiger partial charge in [0.1, 0.15) is 11.6 Å². The predicted octanol–water partition coefficient (Wildman–Crippen LogP) is 3.95. The summed E-state index contributed by atoms with van der Waals surface area (Å²) in [5, 5.41) is 10.3. The van der Waals surface area contributed by atoms with Crippen LogP contribution in [0.2, 0.25) is 0 Å². The third-order valence-corrected chi connectivity index (χ3v) is 9.61. The largest absolute Gasteiger partial charge is 0.394 e. The molecule has 3 fully saturated rings. The van der Waals surface area contributed by atoms with Gasteiger partial charge in [-0.25, -0.2) is 0 Å². The molecule has 3 saturated heterocycles. The van der Waals surface area contributed by atoms with Gasteiger partial charge in [0.2, 0.25) is 17.7 Å². The van der Waals surface area contributed by atoms with Gasteiger partial charge in [-0.3, -0.25) is 14.4 Å². The molecule has 0 saturated carbocycles. The monoisotopic (exact) mass is 585 g/mol. The lowest BCUT2D eigenvalue weighted by molar-refractivity contribution is -0.158. The maximum Gasteiger partial charge on any atom is 0.249 e. The van der Waals surface area contributed by atoms with E-state index in [9.17, 15) is 19.5 Å². The summed E-state index contributed by atoms with van der Waals surface area (Å²) in [6.07, 6.45) is 4.97. The van der Waals surface area contributed by atoms with Gasteiger partial charge in [0.25, 0.3) is 0 Å². The second-order valence-electron chi connectivity index (χ2n) is 12.1. The van der Waals surface area contributed by atoms with Crippen molar-refractivity contribution in [3.63, 3.8) is 0 Å². The molecular formula is C35H43N3O5. The first kappa shape index (κ1) is 30.7. The molecule has 3 aliphatic heterocycles. The SMILES string of the molecule is C=CCN(Cc1ccccc1)C(=O)C1N([C@H](C)CO)C(=O)[C@@H]2[C@@H](C(=O)N(CC=C)Cc3ccccc3)[C@@]3(CC)CCC12O3. The Labute approximate surface area is 254 Å². The smallest absolute Gasteiger partial charge is 0.249 e. The minimum absolute atomic E-state index is 0.164. The van der Waals surface area contributed by atoms with E-state index in [-0.39, 0.29) is 30.9 Å². The maximum absolute atomic E-state index is 14.6. The van der Waals surface area contributed by atoms with Gasteiger partial charge in [-0.2, -0.15) is 0 Å². The summed E-state index contributed by atoms with van der Waals surface area (Å²) < 4.78 is 6.95. The molecule has 6 atom stereocenters. The molecule has 228 valence electrons. The third-order valence-electron chi connectivity index (χ3n) is 9.61. The fraction of sp³-hybridized carbons (Fsp3) is 0.457. The minimum atomic E-state index is -1.17. The molecule has 2 bridgehead atoms. The zero-order valence-electron chi connectivity index (χ0n) is 25.2. The summed E-state index contributed by atoms with van der Waals surface area (Å²) in [5.74, 6) is -2.31. The van der Waals surface area contributed by atoms with Crippen molar-refractivity contribution in [1.29, 1.82) is 0 Å². The highest BCUT2D eigenvalue weighted by molar-refractivity contribution is 5.99. The van der Waals surface area contributed by atoms with E-state index in [0.29, 0.717) is 38.9 Å². The maximum atomic E-state index is 14.6. The lowest BCUT2D eigenvalue weighted by Gasteiger charge is -2.38. The molecular weight excluding hydrogens is 542 g/mol. The molecule has 2 unspecified atom stereocenters. The molecule has 0 radical (unpaired) electrons. The van der Waals surface area contributed by atoms with E-state index in [4.69, 9.17) is 4.74 Å². The second kappa shape index (κ2) is 12.5. The third kappa shape index (κ3) is 5.21. The average Bonchev–Trinajstić information content (AvgIpc) is 3.64. The molecule has 0 aromatic heterocycles. The van der Waals surface area contributed by atoms with E-state index < -0.39 is 35.1 Å². The molecule has 0 aliphatic carbocycles. The van der Waals surface area contributed by atoms with Gasteiger partial charge < -0.3 is 24.5 Å². The quantitative estimate of drug-likeness (QED) is 0.360. The van der Waals surface area contributed by atoms with Gasteiger partial charge in [0, 0.05) is 26.2 Å². The normalized spacial score (nSPS) is 27.9. The van der Waals surface area contributed by atoms with Crippen molar-refractivity contribution in [2.24, 2.45) is 11.8 Å². The molecule has 8 nitrogen and oxygen atoms in total. The van der Waals surface area contributed by atoms with Crippen LogP contribution in [0.1, 0.15) is 44.2 Å². The van der Waals surface area contributed by atoms with Crippen LogP contribution in [0, 0.1) is 11.8 Å². The fourth-order valence-electron chi connectivity index (χ4n) is 7.63. The number of likely N-dealkylation sites (tertiary alicyclic amines) is 1. The Hall–Kier alpha value is -3.75. The van der Waals surface area contributed by atoms with Crippen LogP contribution in [-0.4, -0.2) is 80.5 Å². The van der Waals surface area contributed by atoms with Crippen LogP contribution in [0.15, 0.2) is 86.0 Å². The highest BCUT2D eigenvalue weighted by Crippen LogP contribution is 2.65. The number of benzene rings is 2. The zero-order chi connectivity index (χ0) is 30.8. The molecule has 3 heterocycles. The van der Waals surface area contributed by atoms with Crippen LogP contribution in [0.3, 0.4) is 0 Å². The van der Waals surface area contributed by atoms with Crippen LogP contribution in [0.4, 0.5) is 0 Å². The molecule has 8 heteroatoms. The average molecular weight is 586 g/mol. The molecule has 2 aromatic carbocycles. The van der Waals surface area contributed by atoms with Gasteiger partial charge in [-0.1, -0.05) is 79.7 Å². The van der Waals surface area contributed by atoms with Crippen molar-refractivity contribution in [2.75, 3.05) is 19.7 Å². The van der Waals surface area contributed by atoms with Crippen molar-refractivity contribution in [3.8, 4) is 0 Å². The van der Waals surface area contributed by atoms with Crippen molar-refractivity contribution in [2.45, 2.75) is 69.5 Å². The van der Waals surface area contributed by atoms with E-state index in [0.717, 1.165) is 11.1 Å². The number of nitrogens with zero attached hydrogens (tertiary/aromatic N) is 3. The second-order valence-corrected chi connectivity index (χ2v) is 12.1. The molecule has 1 spiro atoms. The summed E-state index contributed by atoms with van der Waals surface area (Å²) in [6.45, 7) is 12.5. The number of hydrogen-bond acceptors (Lipinski definition) is 5. The van der Waals surface area contributed by atoms with Gasteiger partial charge in [0.15, 0.2) is 0 Å². The first-order valence-electron chi connectivity index (χ1n) is 15.3. The Kier molecular flexibility index (Phi) is 8.90. The highest BCUT2D eigenvalue weighted by atomic mass is 16.5. The highest BCUT2D eigenvalue weighted by Gasteiger charge is 2.79. The first-order chi connectivity index (χ1) is 20.8. The molecule has 1 N–H and O–H groups in total. The Morgan fingerprint density at radius 1 is 0.977 bits per heavy atom. The lowest BCUT2D eigenvalue weighted by Crippen LogP contribution is -2.58. The summed E-state index contributed by atoms with van der Waals surface area (Å²) in [7, 11) is 0.